The molecule has 0 aliphatic carbocycles. The number of nitrogens with zero attached hydrogens (tertiary/aromatic N) is 1. The molecule has 0 saturated heterocycles. The number of rotatable bonds is 4. The summed E-state index contributed by atoms with van der Waals surface area (Å²) in [6.07, 6.45) is 0.708. The number of carbonyl (C=O) groups is 1. The summed E-state index contributed by atoms with van der Waals surface area (Å²) < 4.78 is 23.5. The standard InChI is InChI=1S/C12H12ClFN2O3/c1-2-18-12(17)11(13)16-15-9-5-7-3-4-19-10(7)6-8(9)14/h5-6,15H,2-4H2,1H3/b16-11-. The highest BCUT2D eigenvalue weighted by atomic mass is 35.5. The third-order valence-electron chi connectivity index (χ3n) is 2.50. The summed E-state index contributed by atoms with van der Waals surface area (Å²) >= 11 is 5.60. The van der Waals surface area contributed by atoms with Crippen molar-refractivity contribution < 1.29 is 18.7 Å². The van der Waals surface area contributed by atoms with E-state index in [4.69, 9.17) is 16.3 Å². The first-order valence-electron chi connectivity index (χ1n) is 5.73. The second kappa shape index (κ2) is 5.88. The van der Waals surface area contributed by atoms with Crippen molar-refractivity contribution >= 4 is 28.4 Å². The van der Waals surface area contributed by atoms with Crippen LogP contribution in [0.25, 0.3) is 0 Å². The molecule has 0 unspecified atom stereocenters. The molecule has 0 radical (unpaired) electrons. The lowest BCUT2D eigenvalue weighted by Gasteiger charge is -2.06. The van der Waals surface area contributed by atoms with Gasteiger partial charge >= 0.3 is 5.97 Å². The van der Waals surface area contributed by atoms with Crippen LogP contribution in [0.5, 0.6) is 5.75 Å². The van der Waals surface area contributed by atoms with Gasteiger partial charge in [0.05, 0.1) is 18.9 Å². The van der Waals surface area contributed by atoms with E-state index < -0.39 is 17.0 Å². The van der Waals surface area contributed by atoms with Crippen LogP contribution in [0.4, 0.5) is 10.1 Å². The van der Waals surface area contributed by atoms with Gasteiger partial charge in [-0.05, 0) is 18.6 Å². The molecule has 0 fully saturated rings. The van der Waals surface area contributed by atoms with E-state index in [1.54, 1.807) is 13.0 Å². The van der Waals surface area contributed by atoms with Crippen LogP contribution in [0, 0.1) is 5.82 Å². The van der Waals surface area contributed by atoms with Crippen molar-refractivity contribution in [2.75, 3.05) is 18.6 Å². The van der Waals surface area contributed by atoms with Crippen molar-refractivity contribution in [2.24, 2.45) is 5.10 Å². The molecule has 102 valence electrons. The highest BCUT2D eigenvalue weighted by Crippen LogP contribution is 2.30. The van der Waals surface area contributed by atoms with Crippen molar-refractivity contribution in [3.63, 3.8) is 0 Å². The van der Waals surface area contributed by atoms with Gasteiger partial charge in [0.25, 0.3) is 0 Å². The van der Waals surface area contributed by atoms with E-state index in [-0.39, 0.29) is 12.3 Å². The number of fused-ring (bicyclic) bond motifs is 1. The molecule has 7 heteroatoms. The summed E-state index contributed by atoms with van der Waals surface area (Å²) in [7, 11) is 0. The highest BCUT2D eigenvalue weighted by molar-refractivity contribution is 6.82. The highest BCUT2D eigenvalue weighted by Gasteiger charge is 2.16. The number of ether oxygens (including phenoxy) is 2. The second-order valence-electron chi connectivity index (χ2n) is 3.77. The second-order valence-corrected chi connectivity index (χ2v) is 4.13. The topological polar surface area (TPSA) is 59.9 Å². The zero-order valence-corrected chi connectivity index (χ0v) is 11.0. The number of carbonyl (C=O) groups excluding carboxylic acids is 1. The van der Waals surface area contributed by atoms with Crippen LogP contribution in [0.15, 0.2) is 17.2 Å². The molecular weight excluding hydrogens is 275 g/mol. The first-order valence-corrected chi connectivity index (χ1v) is 6.11. The predicted octanol–water partition coefficient (Wildman–Crippen LogP) is 2.29. The molecule has 0 spiro atoms. The Hall–Kier alpha value is -1.82. The van der Waals surface area contributed by atoms with E-state index in [2.05, 4.69) is 15.3 Å². The van der Waals surface area contributed by atoms with E-state index in [1.807, 2.05) is 0 Å². The maximum Gasteiger partial charge on any atom is 0.370 e. The van der Waals surface area contributed by atoms with Gasteiger partial charge in [-0.2, -0.15) is 5.10 Å². The molecule has 1 aromatic carbocycles. The molecule has 0 saturated carbocycles. The Balaban J connectivity index is 2.11. The number of esters is 1. The monoisotopic (exact) mass is 286 g/mol. The lowest BCUT2D eigenvalue weighted by atomic mass is 10.1. The normalized spacial score (nSPS) is 13.7. The maximum absolute atomic E-state index is 13.7. The molecule has 0 amide bonds. The molecule has 0 bridgehead atoms. The van der Waals surface area contributed by atoms with Crippen molar-refractivity contribution in [1.29, 1.82) is 0 Å². The lowest BCUT2D eigenvalue weighted by molar-refractivity contribution is -0.134. The van der Waals surface area contributed by atoms with Crippen LogP contribution < -0.4 is 10.2 Å². The number of halogens is 2. The molecule has 0 aromatic heterocycles. The van der Waals surface area contributed by atoms with E-state index in [0.29, 0.717) is 18.8 Å². The van der Waals surface area contributed by atoms with Gasteiger partial charge in [-0.25, -0.2) is 9.18 Å². The van der Waals surface area contributed by atoms with Gasteiger partial charge < -0.3 is 9.47 Å². The van der Waals surface area contributed by atoms with Crippen molar-refractivity contribution in [3.05, 3.63) is 23.5 Å². The quantitative estimate of drug-likeness (QED) is 0.524. The van der Waals surface area contributed by atoms with Gasteiger partial charge in [0, 0.05) is 12.5 Å². The summed E-state index contributed by atoms with van der Waals surface area (Å²) in [4.78, 5) is 11.2. The van der Waals surface area contributed by atoms with E-state index in [1.165, 1.54) is 6.07 Å². The first kappa shape index (κ1) is 13.6. The summed E-state index contributed by atoms with van der Waals surface area (Å²) in [5.41, 5.74) is 3.42. The van der Waals surface area contributed by atoms with Gasteiger partial charge in [-0.3, -0.25) is 5.43 Å². The maximum atomic E-state index is 13.7. The summed E-state index contributed by atoms with van der Waals surface area (Å²) in [5, 5.41) is 3.19. The Morgan fingerprint density at radius 2 is 2.42 bits per heavy atom. The third kappa shape index (κ3) is 3.14. The Kier molecular flexibility index (Phi) is 4.21. The van der Waals surface area contributed by atoms with Crippen LogP contribution in [-0.2, 0) is 16.0 Å². The van der Waals surface area contributed by atoms with Crippen LogP contribution in [-0.4, -0.2) is 24.4 Å². The summed E-state index contributed by atoms with van der Waals surface area (Å²) in [5.74, 6) is -0.761. The number of hydrogen-bond acceptors (Lipinski definition) is 5. The molecule has 1 N–H and O–H groups in total. The van der Waals surface area contributed by atoms with Crippen molar-refractivity contribution in [1.82, 2.24) is 0 Å². The Bertz CT molecular complexity index is 534. The minimum atomic E-state index is -0.762. The van der Waals surface area contributed by atoms with E-state index in [0.717, 1.165) is 5.56 Å². The Labute approximate surface area is 114 Å². The number of benzene rings is 1. The summed E-state index contributed by atoms with van der Waals surface area (Å²) in [6.45, 7) is 2.37. The fourth-order valence-electron chi connectivity index (χ4n) is 1.63. The van der Waals surface area contributed by atoms with Gasteiger partial charge in [0.1, 0.15) is 5.75 Å². The van der Waals surface area contributed by atoms with Crippen LogP contribution in [0.2, 0.25) is 0 Å². The fourth-order valence-corrected chi connectivity index (χ4v) is 1.73. The van der Waals surface area contributed by atoms with Crippen LogP contribution in [0.3, 0.4) is 0 Å². The molecule has 1 aliphatic rings. The smallest absolute Gasteiger partial charge is 0.370 e. The van der Waals surface area contributed by atoms with E-state index >= 15 is 0 Å². The van der Waals surface area contributed by atoms with E-state index in [9.17, 15) is 9.18 Å². The SMILES string of the molecule is CCOC(=O)/C(Cl)=N/Nc1cc2c(cc1F)OCC2. The number of anilines is 1. The zero-order valence-electron chi connectivity index (χ0n) is 10.2. The van der Waals surface area contributed by atoms with Crippen molar-refractivity contribution in [3.8, 4) is 5.75 Å². The lowest BCUT2D eigenvalue weighted by Crippen LogP contribution is -2.13. The molecule has 19 heavy (non-hydrogen) atoms. The fraction of sp³-hybridized carbons (Fsp3) is 0.333. The molecule has 5 nitrogen and oxygen atoms in total. The zero-order chi connectivity index (χ0) is 13.8. The van der Waals surface area contributed by atoms with Gasteiger partial charge in [0.15, 0.2) is 5.82 Å². The molecular formula is C12H12ClFN2O3. The number of hydrazone groups is 1. The Morgan fingerprint density at radius 3 is 3.16 bits per heavy atom. The molecule has 1 aliphatic heterocycles. The average molecular weight is 287 g/mol. The van der Waals surface area contributed by atoms with Crippen LogP contribution in [0.1, 0.15) is 12.5 Å². The molecule has 2 rings (SSSR count). The Morgan fingerprint density at radius 1 is 1.63 bits per heavy atom. The third-order valence-corrected chi connectivity index (χ3v) is 2.74. The number of nitrogens with one attached hydrogen (secondary N) is 1. The summed E-state index contributed by atoms with van der Waals surface area (Å²) in [6, 6.07) is 2.86. The minimum absolute atomic E-state index is 0.131. The molecule has 1 aromatic rings. The van der Waals surface area contributed by atoms with Crippen molar-refractivity contribution in [2.45, 2.75) is 13.3 Å². The van der Waals surface area contributed by atoms with Gasteiger partial charge in [-0.15, -0.1) is 0 Å². The molecule has 1 heterocycles. The van der Waals surface area contributed by atoms with Gasteiger partial charge in [0.2, 0.25) is 5.17 Å². The largest absolute Gasteiger partial charge is 0.493 e. The van der Waals surface area contributed by atoms with Crippen LogP contribution >= 0.6 is 11.6 Å². The van der Waals surface area contributed by atoms with Gasteiger partial charge in [-0.1, -0.05) is 11.6 Å². The average Bonchev–Trinajstić information content (AvgIpc) is 2.82. The molecule has 0 atom stereocenters. The number of hydrogen-bond donors (Lipinski definition) is 1. The first-order chi connectivity index (χ1) is 9.11. The predicted molar refractivity (Wildman–Crippen MR) is 69.1 cm³/mol. The minimum Gasteiger partial charge on any atom is -0.493 e.